The highest BCUT2D eigenvalue weighted by Gasteiger charge is 2.28. The van der Waals surface area contributed by atoms with Crippen molar-refractivity contribution in [3.05, 3.63) is 70.3 Å². The number of aryl methyl sites for hydroxylation is 2. The predicted molar refractivity (Wildman–Crippen MR) is 86.9 cm³/mol. The molecule has 1 nitrogen and oxygen atoms in total. The van der Waals surface area contributed by atoms with E-state index in [-0.39, 0.29) is 5.92 Å². The van der Waals surface area contributed by atoms with Gasteiger partial charge < -0.3 is 0 Å². The number of carbonyl (C=O) groups is 1. The fraction of sp³-hybridized carbons (Fsp3) is 0.350. The third-order valence-electron chi connectivity index (χ3n) is 4.65. The molecule has 0 N–H and O–H groups in total. The van der Waals surface area contributed by atoms with Crippen LogP contribution < -0.4 is 0 Å². The minimum absolute atomic E-state index is 0.125. The highest BCUT2D eigenvalue weighted by molar-refractivity contribution is 6.00. The maximum absolute atomic E-state index is 13.0. The van der Waals surface area contributed by atoms with Gasteiger partial charge in [-0.05, 0) is 54.0 Å². The van der Waals surface area contributed by atoms with Crippen molar-refractivity contribution in [2.75, 3.05) is 0 Å². The van der Waals surface area contributed by atoms with E-state index in [2.05, 4.69) is 56.3 Å². The maximum atomic E-state index is 13.0. The second kappa shape index (κ2) is 5.85. The Morgan fingerprint density at radius 1 is 1.00 bits per heavy atom. The smallest absolute Gasteiger partial charge is 0.166 e. The lowest BCUT2D eigenvalue weighted by Gasteiger charge is -2.13. The summed E-state index contributed by atoms with van der Waals surface area (Å²) in [6, 6.07) is 14.9. The van der Waals surface area contributed by atoms with E-state index in [4.69, 9.17) is 0 Å². The number of Topliss-reactive ketones (excluding diaryl/α,β-unsaturated/α-hetero) is 1. The average Bonchev–Trinajstić information content (AvgIpc) is 2.97. The van der Waals surface area contributed by atoms with Crippen LogP contribution in [-0.2, 0) is 25.7 Å². The van der Waals surface area contributed by atoms with Crippen LogP contribution in [0.1, 0.15) is 46.5 Å². The zero-order valence-electron chi connectivity index (χ0n) is 12.9. The molecule has 1 heteroatoms. The van der Waals surface area contributed by atoms with Gasteiger partial charge in [0.1, 0.15) is 0 Å². The van der Waals surface area contributed by atoms with Crippen molar-refractivity contribution >= 4 is 5.78 Å². The maximum Gasteiger partial charge on any atom is 0.166 e. The first-order valence-electron chi connectivity index (χ1n) is 7.95. The van der Waals surface area contributed by atoms with Crippen LogP contribution in [0.5, 0.6) is 0 Å². The molecule has 1 aliphatic rings. The number of rotatable bonds is 4. The SMILES string of the molecule is CCc1ccc(CC)c(C(=O)C2Cc3ccccc3C2)c1. The Bertz CT molecular complexity index is 644. The van der Waals surface area contributed by atoms with Crippen molar-refractivity contribution in [1.29, 1.82) is 0 Å². The average molecular weight is 278 g/mol. The van der Waals surface area contributed by atoms with Gasteiger partial charge in [0.2, 0.25) is 0 Å². The number of carbonyl (C=O) groups excluding carboxylic acids is 1. The Labute approximate surface area is 127 Å². The Hall–Kier alpha value is -1.89. The van der Waals surface area contributed by atoms with Gasteiger partial charge >= 0.3 is 0 Å². The molecule has 108 valence electrons. The van der Waals surface area contributed by atoms with Crippen molar-refractivity contribution in [2.45, 2.75) is 39.5 Å². The molecule has 0 heterocycles. The molecule has 0 spiro atoms. The van der Waals surface area contributed by atoms with Gasteiger partial charge in [0, 0.05) is 11.5 Å². The van der Waals surface area contributed by atoms with Crippen molar-refractivity contribution in [1.82, 2.24) is 0 Å². The summed E-state index contributed by atoms with van der Waals surface area (Å²) in [5, 5.41) is 0. The number of hydrogen-bond donors (Lipinski definition) is 0. The van der Waals surface area contributed by atoms with Crippen molar-refractivity contribution in [3.63, 3.8) is 0 Å². The van der Waals surface area contributed by atoms with Crippen molar-refractivity contribution < 1.29 is 4.79 Å². The second-order valence-electron chi connectivity index (χ2n) is 5.94. The molecule has 3 rings (SSSR count). The topological polar surface area (TPSA) is 17.1 Å². The molecule has 0 saturated heterocycles. The molecule has 2 aromatic carbocycles. The lowest BCUT2D eigenvalue weighted by molar-refractivity contribution is 0.0923. The summed E-state index contributed by atoms with van der Waals surface area (Å²) >= 11 is 0. The monoisotopic (exact) mass is 278 g/mol. The van der Waals surface area contributed by atoms with Crippen LogP contribution in [0.25, 0.3) is 0 Å². The first-order valence-corrected chi connectivity index (χ1v) is 7.95. The van der Waals surface area contributed by atoms with Gasteiger partial charge in [0.25, 0.3) is 0 Å². The van der Waals surface area contributed by atoms with E-state index in [0.717, 1.165) is 31.2 Å². The number of hydrogen-bond acceptors (Lipinski definition) is 1. The fourth-order valence-electron chi connectivity index (χ4n) is 3.35. The second-order valence-corrected chi connectivity index (χ2v) is 5.94. The van der Waals surface area contributed by atoms with Crippen molar-refractivity contribution in [3.8, 4) is 0 Å². The number of ketones is 1. The Balaban J connectivity index is 1.90. The molecule has 0 saturated carbocycles. The van der Waals surface area contributed by atoms with Gasteiger partial charge in [-0.25, -0.2) is 0 Å². The molecule has 1 aliphatic carbocycles. The highest BCUT2D eigenvalue weighted by atomic mass is 16.1. The lowest BCUT2D eigenvalue weighted by atomic mass is 9.89. The van der Waals surface area contributed by atoms with E-state index in [1.54, 1.807) is 0 Å². The van der Waals surface area contributed by atoms with E-state index in [0.29, 0.717) is 5.78 Å². The summed E-state index contributed by atoms with van der Waals surface area (Å²) in [5.74, 6) is 0.457. The van der Waals surface area contributed by atoms with E-state index < -0.39 is 0 Å². The largest absolute Gasteiger partial charge is 0.294 e. The van der Waals surface area contributed by atoms with Crippen LogP contribution in [0.3, 0.4) is 0 Å². The zero-order valence-corrected chi connectivity index (χ0v) is 12.9. The van der Waals surface area contributed by atoms with Crippen LogP contribution in [0.4, 0.5) is 0 Å². The normalized spacial score (nSPS) is 14.2. The van der Waals surface area contributed by atoms with Crippen molar-refractivity contribution in [2.24, 2.45) is 5.92 Å². The molecule has 0 radical (unpaired) electrons. The van der Waals surface area contributed by atoms with Crippen LogP contribution in [0.2, 0.25) is 0 Å². The molecule has 0 fully saturated rings. The Morgan fingerprint density at radius 3 is 2.24 bits per heavy atom. The van der Waals surface area contributed by atoms with Gasteiger partial charge in [0.15, 0.2) is 5.78 Å². The first-order chi connectivity index (χ1) is 10.2. The van der Waals surface area contributed by atoms with Gasteiger partial charge in [-0.1, -0.05) is 50.2 Å². The molecule has 21 heavy (non-hydrogen) atoms. The molecule has 0 aliphatic heterocycles. The quantitative estimate of drug-likeness (QED) is 0.757. The van der Waals surface area contributed by atoms with Crippen LogP contribution in [0, 0.1) is 5.92 Å². The molecule has 0 amide bonds. The summed E-state index contributed by atoms with van der Waals surface area (Å²) in [6.45, 7) is 4.27. The molecular formula is C20H22O. The van der Waals surface area contributed by atoms with E-state index >= 15 is 0 Å². The van der Waals surface area contributed by atoms with Gasteiger partial charge in [0.05, 0.1) is 0 Å². The molecule has 0 atom stereocenters. The molecule has 2 aromatic rings. The first kappa shape index (κ1) is 14.1. The van der Waals surface area contributed by atoms with E-state index in [1.807, 2.05) is 0 Å². The minimum Gasteiger partial charge on any atom is -0.294 e. The summed E-state index contributed by atoms with van der Waals surface area (Å²) in [5.41, 5.74) is 6.09. The summed E-state index contributed by atoms with van der Waals surface area (Å²) in [4.78, 5) is 13.0. The van der Waals surface area contributed by atoms with E-state index in [1.165, 1.54) is 22.3 Å². The van der Waals surface area contributed by atoms with Gasteiger partial charge in [-0.3, -0.25) is 4.79 Å². The molecular weight excluding hydrogens is 256 g/mol. The third-order valence-corrected chi connectivity index (χ3v) is 4.65. The standard InChI is InChI=1S/C20H22O/c1-3-14-9-10-15(4-2)19(11-14)20(21)18-12-16-7-5-6-8-17(16)13-18/h5-11,18H,3-4,12-13H2,1-2H3. The molecule has 0 aromatic heterocycles. The lowest BCUT2D eigenvalue weighted by Crippen LogP contribution is -2.17. The summed E-state index contributed by atoms with van der Waals surface area (Å²) in [6.07, 6.45) is 3.70. The molecule has 0 bridgehead atoms. The number of fused-ring (bicyclic) bond motifs is 1. The summed E-state index contributed by atoms with van der Waals surface area (Å²) in [7, 11) is 0. The van der Waals surface area contributed by atoms with Gasteiger partial charge in [-0.15, -0.1) is 0 Å². The third kappa shape index (κ3) is 2.65. The minimum atomic E-state index is 0.125. The van der Waals surface area contributed by atoms with Crippen LogP contribution >= 0.6 is 0 Å². The molecule has 0 unspecified atom stereocenters. The van der Waals surface area contributed by atoms with Crippen LogP contribution in [0.15, 0.2) is 42.5 Å². The van der Waals surface area contributed by atoms with E-state index in [9.17, 15) is 4.79 Å². The fourth-order valence-corrected chi connectivity index (χ4v) is 3.35. The zero-order chi connectivity index (χ0) is 14.8. The van der Waals surface area contributed by atoms with Crippen LogP contribution in [-0.4, -0.2) is 5.78 Å². The Kier molecular flexibility index (Phi) is 3.92. The summed E-state index contributed by atoms with van der Waals surface area (Å²) < 4.78 is 0. The Morgan fingerprint density at radius 2 is 1.67 bits per heavy atom. The highest BCUT2D eigenvalue weighted by Crippen LogP contribution is 2.30. The van der Waals surface area contributed by atoms with Gasteiger partial charge in [-0.2, -0.15) is 0 Å². The number of benzene rings is 2. The predicted octanol–water partition coefficient (Wildman–Crippen LogP) is 4.41.